The molecule has 4 nitrogen and oxygen atoms in total. The maximum atomic E-state index is 12.2. The molecule has 2 unspecified atom stereocenters. The monoisotopic (exact) mass is 358 g/mol. The van der Waals surface area contributed by atoms with Gasteiger partial charge >= 0.3 is 6.09 Å². The summed E-state index contributed by atoms with van der Waals surface area (Å²) < 4.78 is 5.45. The molecule has 0 spiro atoms. The summed E-state index contributed by atoms with van der Waals surface area (Å²) in [6, 6.07) is 5.53. The number of carbonyl (C=O) groups is 1. The molecule has 23 heavy (non-hydrogen) atoms. The van der Waals surface area contributed by atoms with Gasteiger partial charge in [0.25, 0.3) is 0 Å². The second-order valence-corrected chi connectivity index (χ2v) is 7.75. The highest BCUT2D eigenvalue weighted by Gasteiger charge is 2.34. The summed E-state index contributed by atoms with van der Waals surface area (Å²) in [6.07, 6.45) is 0.639. The lowest BCUT2D eigenvalue weighted by atomic mass is 9.92. The van der Waals surface area contributed by atoms with Gasteiger partial charge in [0.15, 0.2) is 0 Å². The van der Waals surface area contributed by atoms with Crippen molar-refractivity contribution in [2.45, 2.75) is 38.8 Å². The first-order valence-electron chi connectivity index (χ1n) is 7.81. The van der Waals surface area contributed by atoms with Crippen LogP contribution in [-0.4, -0.2) is 36.7 Å². The average Bonchev–Trinajstić information content (AvgIpc) is 2.91. The van der Waals surface area contributed by atoms with E-state index >= 15 is 0 Å². The Balaban J connectivity index is 2.10. The van der Waals surface area contributed by atoms with Crippen molar-refractivity contribution in [1.29, 1.82) is 0 Å². The summed E-state index contributed by atoms with van der Waals surface area (Å²) >= 11 is 12.4. The molecule has 6 heteroatoms. The van der Waals surface area contributed by atoms with E-state index in [1.165, 1.54) is 0 Å². The highest BCUT2D eigenvalue weighted by molar-refractivity contribution is 6.33. The normalized spacial score (nSPS) is 19.7. The van der Waals surface area contributed by atoms with Gasteiger partial charge in [0, 0.05) is 29.2 Å². The molecule has 1 aromatic rings. The van der Waals surface area contributed by atoms with Crippen molar-refractivity contribution in [2.24, 2.45) is 5.92 Å². The Bertz CT molecular complexity index is 572. The largest absolute Gasteiger partial charge is 0.444 e. The Morgan fingerprint density at radius 2 is 2.09 bits per heavy atom. The number of halogens is 2. The van der Waals surface area contributed by atoms with Crippen molar-refractivity contribution < 1.29 is 9.53 Å². The topological polar surface area (TPSA) is 41.6 Å². The first kappa shape index (κ1) is 18.4. The molecule has 1 heterocycles. The molecule has 2 atom stereocenters. The van der Waals surface area contributed by atoms with Gasteiger partial charge in [-0.05, 0) is 63.9 Å². The molecule has 0 aliphatic carbocycles. The predicted molar refractivity (Wildman–Crippen MR) is 94.2 cm³/mol. The number of hydrogen-bond acceptors (Lipinski definition) is 3. The second-order valence-electron chi connectivity index (χ2n) is 6.91. The lowest BCUT2D eigenvalue weighted by molar-refractivity contribution is 0.0285. The van der Waals surface area contributed by atoms with Gasteiger partial charge in [-0.2, -0.15) is 0 Å². The lowest BCUT2D eigenvalue weighted by Gasteiger charge is -2.27. The van der Waals surface area contributed by atoms with E-state index in [2.05, 4.69) is 5.32 Å². The van der Waals surface area contributed by atoms with Gasteiger partial charge in [0.05, 0.1) is 0 Å². The molecule has 1 aliphatic heterocycles. The van der Waals surface area contributed by atoms with Crippen molar-refractivity contribution in [2.75, 3.05) is 20.1 Å². The standard InChI is InChI=1S/C17H24Cl2N2O2/c1-17(2,3)23-16(22)21-8-7-11(10-21)15(20-4)13-9-12(18)5-6-14(13)19/h5-6,9,11,15,20H,7-8,10H2,1-4H3. The van der Waals surface area contributed by atoms with Gasteiger partial charge in [-0.1, -0.05) is 23.2 Å². The number of ether oxygens (including phenoxy) is 1. The van der Waals surface area contributed by atoms with E-state index in [4.69, 9.17) is 27.9 Å². The molecule has 1 saturated heterocycles. The number of nitrogens with one attached hydrogen (secondary N) is 1. The van der Waals surface area contributed by atoms with E-state index in [-0.39, 0.29) is 18.1 Å². The first-order valence-corrected chi connectivity index (χ1v) is 8.57. The minimum atomic E-state index is -0.478. The summed E-state index contributed by atoms with van der Waals surface area (Å²) in [5, 5.41) is 4.66. The van der Waals surface area contributed by atoms with Gasteiger partial charge in [0.2, 0.25) is 0 Å². The minimum absolute atomic E-state index is 0.0497. The zero-order chi connectivity index (χ0) is 17.2. The quantitative estimate of drug-likeness (QED) is 0.863. The molecule has 0 bridgehead atoms. The molecule has 0 radical (unpaired) electrons. The van der Waals surface area contributed by atoms with E-state index in [0.717, 1.165) is 12.0 Å². The number of carbonyl (C=O) groups excluding carboxylic acids is 1. The summed E-state index contributed by atoms with van der Waals surface area (Å²) in [5.74, 6) is 0.267. The molecular weight excluding hydrogens is 335 g/mol. The SMILES string of the molecule is CNC(c1cc(Cl)ccc1Cl)C1CCN(C(=O)OC(C)(C)C)C1. The second kappa shape index (κ2) is 7.29. The molecule has 0 saturated carbocycles. The highest BCUT2D eigenvalue weighted by atomic mass is 35.5. The van der Waals surface area contributed by atoms with Crippen LogP contribution in [0.4, 0.5) is 4.79 Å². The van der Waals surface area contributed by atoms with Gasteiger partial charge in [-0.25, -0.2) is 4.79 Å². The fraction of sp³-hybridized carbons (Fsp3) is 0.588. The Hall–Kier alpha value is -0.970. The number of nitrogens with zero attached hydrogens (tertiary/aromatic N) is 1. The first-order chi connectivity index (χ1) is 10.7. The summed E-state index contributed by atoms with van der Waals surface area (Å²) in [4.78, 5) is 14.0. The van der Waals surface area contributed by atoms with Crippen molar-refractivity contribution in [3.63, 3.8) is 0 Å². The van der Waals surface area contributed by atoms with Crippen LogP contribution in [0.1, 0.15) is 38.8 Å². The average molecular weight is 359 g/mol. The fourth-order valence-electron chi connectivity index (χ4n) is 2.95. The molecular formula is C17H24Cl2N2O2. The van der Waals surface area contributed by atoms with Gasteiger partial charge in [0.1, 0.15) is 5.60 Å². The molecule has 1 amide bonds. The van der Waals surface area contributed by atoms with Crippen molar-refractivity contribution in [3.8, 4) is 0 Å². The van der Waals surface area contributed by atoms with Gasteiger partial charge in [-0.3, -0.25) is 0 Å². The fourth-order valence-corrected chi connectivity index (χ4v) is 3.37. The molecule has 1 fully saturated rings. The summed E-state index contributed by atoms with van der Waals surface area (Å²) in [7, 11) is 1.90. The number of amides is 1. The van der Waals surface area contributed by atoms with Crippen LogP contribution in [0.25, 0.3) is 0 Å². The van der Waals surface area contributed by atoms with Gasteiger partial charge < -0.3 is 15.0 Å². The molecule has 1 N–H and O–H groups in total. The van der Waals surface area contributed by atoms with Crippen LogP contribution in [0.2, 0.25) is 10.0 Å². The zero-order valence-electron chi connectivity index (χ0n) is 14.0. The van der Waals surface area contributed by atoms with Crippen LogP contribution >= 0.6 is 23.2 Å². The molecule has 128 valence electrons. The Labute approximate surface area is 148 Å². The van der Waals surface area contributed by atoms with Crippen LogP contribution < -0.4 is 5.32 Å². The molecule has 2 rings (SSSR count). The van der Waals surface area contributed by atoms with Crippen LogP contribution in [-0.2, 0) is 4.74 Å². The minimum Gasteiger partial charge on any atom is -0.444 e. The maximum absolute atomic E-state index is 12.2. The van der Waals surface area contributed by atoms with E-state index in [1.54, 1.807) is 11.0 Å². The van der Waals surface area contributed by atoms with Crippen molar-refractivity contribution in [3.05, 3.63) is 33.8 Å². The van der Waals surface area contributed by atoms with Gasteiger partial charge in [-0.15, -0.1) is 0 Å². The maximum Gasteiger partial charge on any atom is 0.410 e. The number of rotatable bonds is 3. The highest BCUT2D eigenvalue weighted by Crippen LogP contribution is 2.35. The van der Waals surface area contributed by atoms with E-state index in [1.807, 2.05) is 40.0 Å². The zero-order valence-corrected chi connectivity index (χ0v) is 15.5. The third kappa shape index (κ3) is 4.75. The molecule has 1 aliphatic rings. The van der Waals surface area contributed by atoms with Crippen LogP contribution in [0.15, 0.2) is 18.2 Å². The lowest BCUT2D eigenvalue weighted by Crippen LogP contribution is -2.36. The third-order valence-corrected chi connectivity index (χ3v) is 4.53. The van der Waals surface area contributed by atoms with Crippen LogP contribution in [0.3, 0.4) is 0 Å². The van der Waals surface area contributed by atoms with Crippen LogP contribution in [0, 0.1) is 5.92 Å². The Morgan fingerprint density at radius 3 is 2.70 bits per heavy atom. The summed E-state index contributed by atoms with van der Waals surface area (Å²) in [6.45, 7) is 6.96. The van der Waals surface area contributed by atoms with E-state index < -0.39 is 5.60 Å². The predicted octanol–water partition coefficient (Wildman–Crippen LogP) is 4.51. The smallest absolute Gasteiger partial charge is 0.410 e. The summed E-state index contributed by atoms with van der Waals surface area (Å²) in [5.41, 5.74) is 0.492. The van der Waals surface area contributed by atoms with E-state index in [0.29, 0.717) is 23.1 Å². The molecule has 0 aromatic heterocycles. The van der Waals surface area contributed by atoms with E-state index in [9.17, 15) is 4.79 Å². The number of hydrogen-bond donors (Lipinski definition) is 1. The molecule has 1 aromatic carbocycles. The number of likely N-dealkylation sites (tertiary alicyclic amines) is 1. The van der Waals surface area contributed by atoms with Crippen molar-refractivity contribution in [1.82, 2.24) is 10.2 Å². The van der Waals surface area contributed by atoms with Crippen LogP contribution in [0.5, 0.6) is 0 Å². The Morgan fingerprint density at radius 1 is 1.39 bits per heavy atom. The number of benzene rings is 1. The Kier molecular flexibility index (Phi) is 5.82. The third-order valence-electron chi connectivity index (χ3n) is 3.95. The van der Waals surface area contributed by atoms with Crippen molar-refractivity contribution >= 4 is 29.3 Å².